The first kappa shape index (κ1) is 15.5. The Morgan fingerprint density at radius 1 is 1.23 bits per heavy atom. The quantitative estimate of drug-likeness (QED) is 0.606. The Morgan fingerprint density at radius 3 is 2.86 bits per heavy atom. The first-order chi connectivity index (χ1) is 10.6. The zero-order chi connectivity index (χ0) is 15.5. The van der Waals surface area contributed by atoms with Crippen LogP contribution in [0.4, 0.5) is 4.39 Å². The van der Waals surface area contributed by atoms with E-state index in [1.807, 2.05) is 24.3 Å². The van der Waals surface area contributed by atoms with Gasteiger partial charge in [0.15, 0.2) is 0 Å². The molecule has 112 valence electrons. The van der Waals surface area contributed by atoms with Gasteiger partial charge in [0.05, 0.1) is 10.7 Å². The minimum Gasteiger partial charge on any atom is -0.205 e. The van der Waals surface area contributed by atoms with Gasteiger partial charge in [-0.25, -0.2) is 4.39 Å². The first-order valence-electron chi connectivity index (χ1n) is 6.24. The van der Waals surface area contributed by atoms with Crippen LogP contribution in [-0.4, -0.2) is 20.2 Å². The molecule has 0 atom stereocenters. The molecule has 0 radical (unpaired) electrons. The second-order valence-electron chi connectivity index (χ2n) is 4.39. The predicted octanol–water partition coefficient (Wildman–Crippen LogP) is 4.51. The molecular formula is C14H9BrClFN4S. The van der Waals surface area contributed by atoms with Gasteiger partial charge in [-0.1, -0.05) is 51.4 Å². The molecule has 0 aliphatic heterocycles. The summed E-state index contributed by atoms with van der Waals surface area (Å²) in [5.74, 6) is 0.246. The zero-order valence-corrected chi connectivity index (χ0v) is 14.2. The Labute approximate surface area is 143 Å². The molecule has 0 bridgehead atoms. The fourth-order valence-corrected chi connectivity index (χ4v) is 3.28. The van der Waals surface area contributed by atoms with Crippen LogP contribution >= 0.6 is 39.3 Å². The number of nitrogens with zero attached hydrogens (tertiary/aromatic N) is 4. The van der Waals surface area contributed by atoms with Crippen LogP contribution in [0.1, 0.15) is 5.56 Å². The fourth-order valence-electron chi connectivity index (χ4n) is 1.82. The van der Waals surface area contributed by atoms with Crippen molar-refractivity contribution < 1.29 is 4.39 Å². The molecule has 2 aromatic carbocycles. The first-order valence-corrected chi connectivity index (χ1v) is 8.40. The van der Waals surface area contributed by atoms with Crippen molar-refractivity contribution in [2.45, 2.75) is 10.9 Å². The van der Waals surface area contributed by atoms with Crippen molar-refractivity contribution in [1.29, 1.82) is 0 Å². The highest BCUT2D eigenvalue weighted by Crippen LogP contribution is 2.25. The zero-order valence-electron chi connectivity index (χ0n) is 11.1. The third kappa shape index (κ3) is 3.48. The molecule has 0 saturated heterocycles. The highest BCUT2D eigenvalue weighted by Gasteiger charge is 2.11. The average Bonchev–Trinajstić information content (AvgIpc) is 2.96. The Balaban J connectivity index is 1.81. The van der Waals surface area contributed by atoms with Gasteiger partial charge in [-0.15, -0.1) is 5.10 Å². The van der Waals surface area contributed by atoms with Gasteiger partial charge in [-0.2, -0.15) is 4.68 Å². The Bertz CT molecular complexity index is 811. The van der Waals surface area contributed by atoms with Crippen LogP contribution in [-0.2, 0) is 5.75 Å². The van der Waals surface area contributed by atoms with Crippen LogP contribution in [0.3, 0.4) is 0 Å². The van der Waals surface area contributed by atoms with Crippen LogP contribution in [0, 0.1) is 5.82 Å². The Morgan fingerprint density at radius 2 is 2.09 bits per heavy atom. The summed E-state index contributed by atoms with van der Waals surface area (Å²) in [5, 5.41) is 12.3. The van der Waals surface area contributed by atoms with E-state index in [1.165, 1.54) is 28.6 Å². The maximum atomic E-state index is 13.2. The van der Waals surface area contributed by atoms with Gasteiger partial charge in [-0.3, -0.25) is 0 Å². The molecule has 3 aromatic rings. The summed E-state index contributed by atoms with van der Waals surface area (Å²) >= 11 is 10.7. The van der Waals surface area contributed by atoms with Crippen LogP contribution < -0.4 is 0 Å². The third-order valence-electron chi connectivity index (χ3n) is 2.85. The predicted molar refractivity (Wildman–Crippen MR) is 87.8 cm³/mol. The molecule has 4 nitrogen and oxygen atoms in total. The summed E-state index contributed by atoms with van der Waals surface area (Å²) in [6, 6.07) is 12.4. The van der Waals surface area contributed by atoms with Crippen molar-refractivity contribution in [1.82, 2.24) is 20.2 Å². The maximum Gasteiger partial charge on any atom is 0.214 e. The van der Waals surface area contributed by atoms with E-state index >= 15 is 0 Å². The van der Waals surface area contributed by atoms with Gasteiger partial charge in [0.1, 0.15) is 5.82 Å². The second-order valence-corrected chi connectivity index (χ2v) is 6.66. The molecule has 0 N–H and O–H groups in total. The molecule has 8 heteroatoms. The maximum absolute atomic E-state index is 13.2. The molecule has 0 spiro atoms. The van der Waals surface area contributed by atoms with Gasteiger partial charge in [0, 0.05) is 10.2 Å². The molecule has 0 amide bonds. The van der Waals surface area contributed by atoms with E-state index in [4.69, 9.17) is 11.6 Å². The Hall–Kier alpha value is -1.44. The van der Waals surface area contributed by atoms with Crippen molar-refractivity contribution in [2.75, 3.05) is 0 Å². The summed E-state index contributed by atoms with van der Waals surface area (Å²) < 4.78 is 15.8. The number of halogens is 3. The van der Waals surface area contributed by atoms with Crippen molar-refractivity contribution in [3.05, 3.63) is 63.3 Å². The second kappa shape index (κ2) is 6.76. The van der Waals surface area contributed by atoms with Gasteiger partial charge in [0.2, 0.25) is 5.16 Å². The third-order valence-corrected chi connectivity index (χ3v) is 4.62. The normalized spacial score (nSPS) is 10.9. The van der Waals surface area contributed by atoms with E-state index < -0.39 is 5.82 Å². The molecule has 0 aliphatic rings. The van der Waals surface area contributed by atoms with Crippen molar-refractivity contribution in [2.24, 2.45) is 0 Å². The lowest BCUT2D eigenvalue weighted by Crippen LogP contribution is -1.99. The monoisotopic (exact) mass is 398 g/mol. The molecule has 0 fully saturated rings. The number of rotatable bonds is 4. The molecular weight excluding hydrogens is 391 g/mol. The van der Waals surface area contributed by atoms with Crippen LogP contribution in [0.15, 0.2) is 52.1 Å². The summed E-state index contributed by atoms with van der Waals surface area (Å²) in [6.45, 7) is 0. The summed E-state index contributed by atoms with van der Waals surface area (Å²) in [4.78, 5) is 0. The number of tetrazole rings is 1. The molecule has 22 heavy (non-hydrogen) atoms. The van der Waals surface area contributed by atoms with Gasteiger partial charge >= 0.3 is 0 Å². The van der Waals surface area contributed by atoms with Crippen LogP contribution in [0.5, 0.6) is 0 Å². The number of thioether (sulfide) groups is 1. The minimum absolute atomic E-state index is 0.0379. The summed E-state index contributed by atoms with van der Waals surface area (Å²) in [6.07, 6.45) is 0. The molecule has 1 aromatic heterocycles. The van der Waals surface area contributed by atoms with E-state index in [-0.39, 0.29) is 5.02 Å². The largest absolute Gasteiger partial charge is 0.214 e. The smallest absolute Gasteiger partial charge is 0.205 e. The van der Waals surface area contributed by atoms with E-state index in [1.54, 1.807) is 6.07 Å². The van der Waals surface area contributed by atoms with Crippen LogP contribution in [0.25, 0.3) is 5.69 Å². The van der Waals surface area contributed by atoms with Crippen LogP contribution in [0.2, 0.25) is 5.02 Å². The molecule has 1 heterocycles. The fraction of sp³-hybridized carbons (Fsp3) is 0.0714. The van der Waals surface area contributed by atoms with Crippen molar-refractivity contribution in [3.63, 3.8) is 0 Å². The van der Waals surface area contributed by atoms with E-state index in [9.17, 15) is 4.39 Å². The highest BCUT2D eigenvalue weighted by atomic mass is 79.9. The highest BCUT2D eigenvalue weighted by molar-refractivity contribution is 9.10. The molecule has 0 saturated carbocycles. The van der Waals surface area contributed by atoms with E-state index in [0.717, 1.165) is 15.8 Å². The van der Waals surface area contributed by atoms with Gasteiger partial charge in [0.25, 0.3) is 0 Å². The van der Waals surface area contributed by atoms with E-state index in [2.05, 4.69) is 31.5 Å². The summed E-state index contributed by atoms with van der Waals surface area (Å²) in [7, 11) is 0. The lowest BCUT2D eigenvalue weighted by atomic mass is 10.2. The standard InChI is InChI=1S/C14H9BrClFN4S/c15-10-3-1-2-9(6-10)8-22-14-18-19-20-21(14)11-4-5-13(17)12(16)7-11/h1-7H,8H2. The van der Waals surface area contributed by atoms with E-state index in [0.29, 0.717) is 10.8 Å². The lowest BCUT2D eigenvalue weighted by Gasteiger charge is -2.05. The lowest BCUT2D eigenvalue weighted by molar-refractivity contribution is 0.626. The van der Waals surface area contributed by atoms with Gasteiger partial charge < -0.3 is 0 Å². The van der Waals surface area contributed by atoms with Crippen molar-refractivity contribution >= 4 is 39.3 Å². The van der Waals surface area contributed by atoms with Crippen molar-refractivity contribution in [3.8, 4) is 5.69 Å². The number of benzene rings is 2. The number of hydrogen-bond acceptors (Lipinski definition) is 4. The number of aromatic nitrogens is 4. The molecule has 0 unspecified atom stereocenters. The average molecular weight is 400 g/mol. The SMILES string of the molecule is Fc1ccc(-n2nnnc2SCc2cccc(Br)c2)cc1Cl. The Kier molecular flexibility index (Phi) is 4.75. The number of hydrogen-bond donors (Lipinski definition) is 0. The molecule has 3 rings (SSSR count). The topological polar surface area (TPSA) is 43.6 Å². The minimum atomic E-state index is -0.471. The summed E-state index contributed by atoms with van der Waals surface area (Å²) in [5.41, 5.74) is 1.76. The molecule has 0 aliphatic carbocycles. The van der Waals surface area contributed by atoms with Gasteiger partial charge in [-0.05, 0) is 46.3 Å².